The zero-order valence-electron chi connectivity index (χ0n) is 16.7. The van der Waals surface area contributed by atoms with E-state index in [9.17, 15) is 4.79 Å². The Labute approximate surface area is 171 Å². The third kappa shape index (κ3) is 5.25. The van der Waals surface area contributed by atoms with Crippen LogP contribution in [0, 0.1) is 0 Å². The number of imidazole rings is 1. The van der Waals surface area contributed by atoms with E-state index in [1.807, 2.05) is 52.7 Å². The number of nitrogens with zero attached hydrogens (tertiary/aromatic N) is 5. The number of urea groups is 1. The first-order valence-corrected chi connectivity index (χ1v) is 10.3. The average molecular weight is 393 g/mol. The third-order valence-corrected chi connectivity index (χ3v) is 5.49. The van der Waals surface area contributed by atoms with Crippen molar-refractivity contribution in [1.82, 2.24) is 29.5 Å². The van der Waals surface area contributed by atoms with Crippen molar-refractivity contribution in [2.24, 2.45) is 0 Å². The second kappa shape index (κ2) is 9.41. The highest BCUT2D eigenvalue weighted by Gasteiger charge is 2.26. The van der Waals surface area contributed by atoms with Crippen LogP contribution in [-0.2, 0) is 19.6 Å². The van der Waals surface area contributed by atoms with Gasteiger partial charge in [-0.3, -0.25) is 4.68 Å². The van der Waals surface area contributed by atoms with Crippen molar-refractivity contribution in [2.75, 3.05) is 6.54 Å². The first-order chi connectivity index (χ1) is 14.3. The van der Waals surface area contributed by atoms with E-state index < -0.39 is 0 Å². The summed E-state index contributed by atoms with van der Waals surface area (Å²) in [7, 11) is 0. The van der Waals surface area contributed by atoms with Crippen LogP contribution in [0.25, 0.3) is 0 Å². The van der Waals surface area contributed by atoms with Crippen LogP contribution < -0.4 is 5.32 Å². The lowest BCUT2D eigenvalue weighted by molar-refractivity contribution is 0.143. The highest BCUT2D eigenvalue weighted by Crippen LogP contribution is 2.20. The SMILES string of the molecule is O=C(NCc1cnn(Cc2ccccc2)c1)N1CCCCC1CCn1ccnc1. The van der Waals surface area contributed by atoms with Crippen LogP contribution in [0.2, 0.25) is 0 Å². The number of rotatable bonds is 7. The maximum absolute atomic E-state index is 12.8. The molecule has 0 saturated carbocycles. The number of aromatic nitrogens is 4. The number of aryl methyl sites for hydroxylation is 1. The first kappa shape index (κ1) is 19.2. The summed E-state index contributed by atoms with van der Waals surface area (Å²) < 4.78 is 3.98. The summed E-state index contributed by atoms with van der Waals surface area (Å²) in [6, 6.07) is 10.6. The molecule has 1 aliphatic heterocycles. The number of hydrogen-bond acceptors (Lipinski definition) is 3. The Bertz CT molecular complexity index is 889. The number of carbonyl (C=O) groups excluding carboxylic acids is 1. The number of piperidine rings is 1. The van der Waals surface area contributed by atoms with Crippen molar-refractivity contribution in [3.63, 3.8) is 0 Å². The van der Waals surface area contributed by atoms with Gasteiger partial charge in [-0.05, 0) is 31.2 Å². The maximum atomic E-state index is 12.8. The van der Waals surface area contributed by atoms with E-state index in [4.69, 9.17) is 0 Å². The Morgan fingerprint density at radius 1 is 1.17 bits per heavy atom. The number of amides is 2. The van der Waals surface area contributed by atoms with Crippen molar-refractivity contribution >= 4 is 6.03 Å². The number of nitrogens with one attached hydrogen (secondary N) is 1. The molecule has 1 aliphatic rings. The molecule has 2 aromatic heterocycles. The lowest BCUT2D eigenvalue weighted by Gasteiger charge is -2.35. The number of carbonyl (C=O) groups is 1. The van der Waals surface area contributed by atoms with Gasteiger partial charge in [0, 0.05) is 49.8 Å². The summed E-state index contributed by atoms with van der Waals surface area (Å²) in [5, 5.41) is 7.50. The molecule has 2 amide bonds. The summed E-state index contributed by atoms with van der Waals surface area (Å²) in [4.78, 5) is 18.9. The van der Waals surface area contributed by atoms with Gasteiger partial charge in [0.25, 0.3) is 0 Å². The molecule has 1 saturated heterocycles. The Kier molecular flexibility index (Phi) is 6.24. The lowest BCUT2D eigenvalue weighted by Crippen LogP contribution is -2.48. The van der Waals surface area contributed by atoms with E-state index in [2.05, 4.69) is 32.1 Å². The van der Waals surface area contributed by atoms with Gasteiger partial charge in [0.1, 0.15) is 0 Å². The summed E-state index contributed by atoms with van der Waals surface area (Å²) in [6.45, 7) is 2.95. The Morgan fingerprint density at radius 3 is 2.90 bits per heavy atom. The molecule has 1 fully saturated rings. The van der Waals surface area contributed by atoms with E-state index in [1.54, 1.807) is 6.20 Å². The maximum Gasteiger partial charge on any atom is 0.317 e. The van der Waals surface area contributed by atoms with Crippen LogP contribution in [0.3, 0.4) is 0 Å². The van der Waals surface area contributed by atoms with Gasteiger partial charge in [-0.25, -0.2) is 9.78 Å². The minimum absolute atomic E-state index is 0.0242. The predicted molar refractivity (Wildman–Crippen MR) is 111 cm³/mol. The smallest absolute Gasteiger partial charge is 0.317 e. The zero-order valence-corrected chi connectivity index (χ0v) is 16.7. The lowest BCUT2D eigenvalue weighted by atomic mass is 10.00. The second-order valence-electron chi connectivity index (χ2n) is 7.62. The minimum atomic E-state index is 0.0242. The topological polar surface area (TPSA) is 68.0 Å². The fourth-order valence-electron chi connectivity index (χ4n) is 3.92. The molecule has 0 spiro atoms. The zero-order chi connectivity index (χ0) is 19.9. The van der Waals surface area contributed by atoms with Crippen LogP contribution in [0.5, 0.6) is 0 Å². The van der Waals surface area contributed by atoms with Crippen LogP contribution in [0.15, 0.2) is 61.4 Å². The van der Waals surface area contributed by atoms with Crippen LogP contribution in [-0.4, -0.2) is 42.8 Å². The monoisotopic (exact) mass is 392 g/mol. The number of hydrogen-bond donors (Lipinski definition) is 1. The molecule has 152 valence electrons. The van der Waals surface area contributed by atoms with Gasteiger partial charge >= 0.3 is 6.03 Å². The molecule has 1 aromatic carbocycles. The van der Waals surface area contributed by atoms with E-state index in [0.717, 1.165) is 44.5 Å². The quantitative estimate of drug-likeness (QED) is 0.671. The molecule has 1 unspecified atom stereocenters. The highest BCUT2D eigenvalue weighted by molar-refractivity contribution is 5.74. The van der Waals surface area contributed by atoms with Crippen molar-refractivity contribution in [1.29, 1.82) is 0 Å². The molecule has 3 aromatic rings. The van der Waals surface area contributed by atoms with E-state index >= 15 is 0 Å². The summed E-state index contributed by atoms with van der Waals surface area (Å²) >= 11 is 0. The molecule has 4 rings (SSSR count). The Morgan fingerprint density at radius 2 is 2.07 bits per heavy atom. The first-order valence-electron chi connectivity index (χ1n) is 10.3. The molecule has 7 heteroatoms. The fraction of sp³-hybridized carbons (Fsp3) is 0.409. The van der Waals surface area contributed by atoms with Gasteiger partial charge in [-0.1, -0.05) is 30.3 Å². The van der Waals surface area contributed by atoms with Crippen LogP contribution >= 0.6 is 0 Å². The van der Waals surface area contributed by atoms with Gasteiger partial charge < -0.3 is 14.8 Å². The van der Waals surface area contributed by atoms with Crippen LogP contribution in [0.1, 0.15) is 36.8 Å². The van der Waals surface area contributed by atoms with Crippen molar-refractivity contribution < 1.29 is 4.79 Å². The normalized spacial score (nSPS) is 16.7. The molecule has 0 radical (unpaired) electrons. The molecule has 3 heterocycles. The van der Waals surface area contributed by atoms with Gasteiger partial charge in [-0.2, -0.15) is 5.10 Å². The minimum Gasteiger partial charge on any atom is -0.337 e. The summed E-state index contributed by atoms with van der Waals surface area (Å²) in [5.41, 5.74) is 2.22. The van der Waals surface area contributed by atoms with Gasteiger partial charge in [0.15, 0.2) is 0 Å². The molecule has 1 N–H and O–H groups in total. The standard InChI is InChI=1S/C22H28N6O/c29-22(28-11-5-4-8-21(28)9-12-26-13-10-23-18-26)24-14-20-15-25-27(17-20)16-19-6-2-1-3-7-19/h1-3,6-7,10,13,15,17-18,21H,4-5,8-9,11-12,14,16H2,(H,24,29). The molecule has 0 aliphatic carbocycles. The van der Waals surface area contributed by atoms with Crippen molar-refractivity contribution in [3.05, 3.63) is 72.6 Å². The Hall–Kier alpha value is -3.09. The van der Waals surface area contributed by atoms with Crippen molar-refractivity contribution in [3.8, 4) is 0 Å². The fourth-order valence-corrected chi connectivity index (χ4v) is 3.92. The van der Waals surface area contributed by atoms with E-state index in [0.29, 0.717) is 6.54 Å². The number of likely N-dealkylation sites (tertiary alicyclic amines) is 1. The second-order valence-corrected chi connectivity index (χ2v) is 7.62. The molecular weight excluding hydrogens is 364 g/mol. The summed E-state index contributed by atoms with van der Waals surface area (Å²) in [6.07, 6.45) is 13.7. The predicted octanol–water partition coefficient (Wildman–Crippen LogP) is 3.28. The third-order valence-electron chi connectivity index (χ3n) is 5.49. The van der Waals surface area contributed by atoms with Gasteiger partial charge in [-0.15, -0.1) is 0 Å². The number of benzene rings is 1. The van der Waals surface area contributed by atoms with Crippen LogP contribution in [0.4, 0.5) is 4.79 Å². The molecule has 29 heavy (non-hydrogen) atoms. The molecule has 0 bridgehead atoms. The summed E-state index contributed by atoms with van der Waals surface area (Å²) in [5.74, 6) is 0. The van der Waals surface area contributed by atoms with E-state index in [1.165, 1.54) is 12.0 Å². The van der Waals surface area contributed by atoms with Gasteiger partial charge in [0.05, 0.1) is 19.1 Å². The molecule has 7 nitrogen and oxygen atoms in total. The molecular formula is C22H28N6O. The highest BCUT2D eigenvalue weighted by atomic mass is 16.2. The Balaban J connectivity index is 1.28. The van der Waals surface area contributed by atoms with Gasteiger partial charge in [0.2, 0.25) is 0 Å². The van der Waals surface area contributed by atoms with E-state index in [-0.39, 0.29) is 12.1 Å². The largest absolute Gasteiger partial charge is 0.337 e. The average Bonchev–Trinajstić information content (AvgIpc) is 3.43. The molecule has 1 atom stereocenters. The van der Waals surface area contributed by atoms with Crippen molar-refractivity contribution in [2.45, 2.75) is 51.4 Å².